The van der Waals surface area contributed by atoms with E-state index in [0.29, 0.717) is 6.04 Å². The number of hydrogen-bond donors (Lipinski definition) is 1. The number of nitrogens with zero attached hydrogens (tertiary/aromatic N) is 1. The monoisotopic (exact) mass is 288 g/mol. The third kappa shape index (κ3) is 4.31. The number of rotatable bonds is 4. The van der Waals surface area contributed by atoms with Gasteiger partial charge in [-0.2, -0.15) is 0 Å². The number of aryl methyl sites for hydroxylation is 2. The fourth-order valence-corrected chi connectivity index (χ4v) is 3.59. The van der Waals surface area contributed by atoms with Gasteiger partial charge in [-0.15, -0.1) is 0 Å². The van der Waals surface area contributed by atoms with Gasteiger partial charge < -0.3 is 5.32 Å². The molecular weight excluding hydrogens is 256 g/mol. The zero-order valence-electron chi connectivity index (χ0n) is 14.7. The molecule has 2 unspecified atom stereocenters. The zero-order valence-corrected chi connectivity index (χ0v) is 14.7. The molecule has 1 saturated heterocycles. The van der Waals surface area contributed by atoms with Crippen LogP contribution in [0, 0.1) is 19.8 Å². The summed E-state index contributed by atoms with van der Waals surface area (Å²) in [5.41, 5.74) is 4.42. The number of nitrogens with one attached hydrogen (secondary N) is 1. The Kier molecular flexibility index (Phi) is 5.11. The third-order valence-corrected chi connectivity index (χ3v) is 4.83. The molecule has 21 heavy (non-hydrogen) atoms. The first kappa shape index (κ1) is 16.5. The predicted octanol–water partition coefficient (Wildman–Crippen LogP) is 3.90. The molecule has 2 nitrogen and oxygen atoms in total. The van der Waals surface area contributed by atoms with Crippen molar-refractivity contribution in [3.8, 4) is 0 Å². The van der Waals surface area contributed by atoms with Crippen LogP contribution in [0.2, 0.25) is 0 Å². The molecule has 2 heteroatoms. The van der Waals surface area contributed by atoms with Crippen molar-refractivity contribution in [3.63, 3.8) is 0 Å². The van der Waals surface area contributed by atoms with E-state index in [-0.39, 0.29) is 5.54 Å². The van der Waals surface area contributed by atoms with Crippen LogP contribution in [-0.4, -0.2) is 29.6 Å². The van der Waals surface area contributed by atoms with Crippen LogP contribution in [-0.2, 0) is 6.54 Å². The van der Waals surface area contributed by atoms with Gasteiger partial charge in [0.1, 0.15) is 0 Å². The Hall–Kier alpha value is -0.860. The van der Waals surface area contributed by atoms with Crippen molar-refractivity contribution in [3.05, 3.63) is 34.9 Å². The SMILES string of the molecule is CCC(C)C1CNC(C)(C)CN1Cc1cc(C)cc(C)c1. The quantitative estimate of drug-likeness (QED) is 0.904. The Morgan fingerprint density at radius 2 is 1.86 bits per heavy atom. The van der Waals surface area contributed by atoms with Crippen LogP contribution in [0.25, 0.3) is 0 Å². The summed E-state index contributed by atoms with van der Waals surface area (Å²) < 4.78 is 0. The fraction of sp³-hybridized carbons (Fsp3) is 0.684. The Labute approximate surface area is 130 Å². The van der Waals surface area contributed by atoms with E-state index in [0.717, 1.165) is 25.6 Å². The smallest absolute Gasteiger partial charge is 0.0253 e. The van der Waals surface area contributed by atoms with Gasteiger partial charge in [0, 0.05) is 31.2 Å². The summed E-state index contributed by atoms with van der Waals surface area (Å²) in [7, 11) is 0. The molecule has 118 valence electrons. The number of piperazine rings is 1. The molecule has 0 saturated carbocycles. The van der Waals surface area contributed by atoms with Crippen molar-refractivity contribution in [1.29, 1.82) is 0 Å². The van der Waals surface area contributed by atoms with Crippen molar-refractivity contribution in [2.75, 3.05) is 13.1 Å². The van der Waals surface area contributed by atoms with Crippen LogP contribution in [0.4, 0.5) is 0 Å². The second kappa shape index (κ2) is 6.50. The molecule has 2 atom stereocenters. The van der Waals surface area contributed by atoms with Crippen molar-refractivity contribution in [1.82, 2.24) is 10.2 Å². The van der Waals surface area contributed by atoms with E-state index in [2.05, 4.69) is 70.0 Å². The third-order valence-electron chi connectivity index (χ3n) is 4.83. The van der Waals surface area contributed by atoms with Gasteiger partial charge in [-0.3, -0.25) is 4.90 Å². The van der Waals surface area contributed by atoms with E-state index < -0.39 is 0 Å². The first-order chi connectivity index (χ1) is 9.80. The molecule has 0 radical (unpaired) electrons. The summed E-state index contributed by atoms with van der Waals surface area (Å²) in [6, 6.07) is 7.59. The maximum Gasteiger partial charge on any atom is 0.0253 e. The maximum atomic E-state index is 3.72. The van der Waals surface area contributed by atoms with E-state index >= 15 is 0 Å². The summed E-state index contributed by atoms with van der Waals surface area (Å²) in [6.45, 7) is 17.0. The lowest BCUT2D eigenvalue weighted by molar-refractivity contribution is 0.0571. The van der Waals surface area contributed by atoms with Gasteiger partial charge in [0.15, 0.2) is 0 Å². The summed E-state index contributed by atoms with van der Waals surface area (Å²) >= 11 is 0. The Morgan fingerprint density at radius 3 is 2.43 bits per heavy atom. The van der Waals surface area contributed by atoms with Crippen molar-refractivity contribution in [2.45, 2.75) is 66.1 Å². The fourth-order valence-electron chi connectivity index (χ4n) is 3.59. The van der Waals surface area contributed by atoms with Crippen LogP contribution in [0.15, 0.2) is 18.2 Å². The Balaban J connectivity index is 2.19. The molecule has 0 bridgehead atoms. The lowest BCUT2D eigenvalue weighted by atomic mass is 9.90. The summed E-state index contributed by atoms with van der Waals surface area (Å²) in [6.07, 6.45) is 1.25. The average Bonchev–Trinajstić information content (AvgIpc) is 2.36. The Morgan fingerprint density at radius 1 is 1.24 bits per heavy atom. The van der Waals surface area contributed by atoms with Gasteiger partial charge in [-0.25, -0.2) is 0 Å². The minimum atomic E-state index is 0.211. The van der Waals surface area contributed by atoms with E-state index in [1.165, 1.54) is 23.1 Å². The normalized spacial score (nSPS) is 24.0. The highest BCUT2D eigenvalue weighted by Gasteiger charge is 2.34. The molecule has 1 fully saturated rings. The molecule has 0 aromatic heterocycles. The zero-order chi connectivity index (χ0) is 15.6. The van der Waals surface area contributed by atoms with Crippen LogP contribution >= 0.6 is 0 Å². The topological polar surface area (TPSA) is 15.3 Å². The molecule has 1 aromatic carbocycles. The van der Waals surface area contributed by atoms with Crippen LogP contribution in [0.1, 0.15) is 50.8 Å². The highest BCUT2D eigenvalue weighted by Crippen LogP contribution is 2.24. The lowest BCUT2D eigenvalue weighted by Gasteiger charge is -2.47. The first-order valence-electron chi connectivity index (χ1n) is 8.37. The molecule has 1 aliphatic rings. The molecule has 0 amide bonds. The van der Waals surface area contributed by atoms with E-state index in [4.69, 9.17) is 0 Å². The van der Waals surface area contributed by atoms with Crippen molar-refractivity contribution >= 4 is 0 Å². The van der Waals surface area contributed by atoms with Gasteiger partial charge in [-0.1, -0.05) is 49.6 Å². The predicted molar refractivity (Wildman–Crippen MR) is 91.7 cm³/mol. The molecule has 1 aromatic rings. The van der Waals surface area contributed by atoms with Gasteiger partial charge in [0.2, 0.25) is 0 Å². The van der Waals surface area contributed by atoms with Crippen LogP contribution in [0.5, 0.6) is 0 Å². The highest BCUT2D eigenvalue weighted by molar-refractivity contribution is 5.28. The molecule has 2 rings (SSSR count). The largest absolute Gasteiger partial charge is 0.309 e. The van der Waals surface area contributed by atoms with E-state index in [1.54, 1.807) is 0 Å². The summed E-state index contributed by atoms with van der Waals surface area (Å²) in [5, 5.41) is 3.72. The summed E-state index contributed by atoms with van der Waals surface area (Å²) in [5.74, 6) is 0.736. The first-order valence-corrected chi connectivity index (χ1v) is 8.37. The van der Waals surface area contributed by atoms with Gasteiger partial charge in [0.25, 0.3) is 0 Å². The molecule has 1 heterocycles. The minimum Gasteiger partial charge on any atom is -0.309 e. The van der Waals surface area contributed by atoms with Gasteiger partial charge in [-0.05, 0) is 39.2 Å². The van der Waals surface area contributed by atoms with Crippen molar-refractivity contribution in [2.24, 2.45) is 5.92 Å². The minimum absolute atomic E-state index is 0.211. The summed E-state index contributed by atoms with van der Waals surface area (Å²) in [4.78, 5) is 2.69. The second-order valence-electron chi connectivity index (χ2n) is 7.62. The van der Waals surface area contributed by atoms with Crippen LogP contribution in [0.3, 0.4) is 0 Å². The number of benzene rings is 1. The number of hydrogen-bond acceptors (Lipinski definition) is 2. The molecule has 0 aliphatic carbocycles. The van der Waals surface area contributed by atoms with Gasteiger partial charge in [0.05, 0.1) is 0 Å². The standard InChI is InChI=1S/C19H32N2/c1-7-16(4)18-11-20-19(5,6)13-21(18)12-17-9-14(2)8-15(3)10-17/h8-10,16,18,20H,7,11-13H2,1-6H3. The van der Waals surface area contributed by atoms with Gasteiger partial charge >= 0.3 is 0 Å². The highest BCUT2D eigenvalue weighted by atomic mass is 15.2. The van der Waals surface area contributed by atoms with E-state index in [1.807, 2.05) is 0 Å². The molecule has 1 aliphatic heterocycles. The van der Waals surface area contributed by atoms with Crippen LogP contribution < -0.4 is 5.32 Å². The lowest BCUT2D eigenvalue weighted by Crippen LogP contribution is -2.62. The maximum absolute atomic E-state index is 3.72. The molecular formula is C19H32N2. The average molecular weight is 288 g/mol. The van der Waals surface area contributed by atoms with E-state index in [9.17, 15) is 0 Å². The van der Waals surface area contributed by atoms with Crippen molar-refractivity contribution < 1.29 is 0 Å². The molecule has 1 N–H and O–H groups in total. The molecule has 0 spiro atoms. The Bertz CT molecular complexity index is 458. The second-order valence-corrected chi connectivity index (χ2v) is 7.62.